The maximum atomic E-state index is 11.5. The summed E-state index contributed by atoms with van der Waals surface area (Å²) < 4.78 is 2.16. The summed E-state index contributed by atoms with van der Waals surface area (Å²) in [4.78, 5) is 15.8. The van der Waals surface area contributed by atoms with Crippen LogP contribution in [0.5, 0.6) is 0 Å². The highest BCUT2D eigenvalue weighted by atomic mass is 16.1. The van der Waals surface area contributed by atoms with Gasteiger partial charge in [0.05, 0.1) is 17.6 Å². The molecule has 0 bridgehead atoms. The minimum Gasteiger partial charge on any atom is -0.368 e. The standard InChI is InChI=1S/C14H26N4O/c1-5-17-14(4,13(15)19)8-6-7-9-18-10-16-11(2)12(18)3/h10,17H,5-9H2,1-4H3,(H2,15,19). The Kier molecular flexibility index (Phi) is 5.54. The highest BCUT2D eigenvalue weighted by Crippen LogP contribution is 2.14. The molecule has 1 aromatic heterocycles. The maximum Gasteiger partial charge on any atom is 0.237 e. The first-order valence-electron chi connectivity index (χ1n) is 6.94. The van der Waals surface area contributed by atoms with E-state index in [0.29, 0.717) is 0 Å². The fourth-order valence-corrected chi connectivity index (χ4v) is 2.22. The summed E-state index contributed by atoms with van der Waals surface area (Å²) in [5.74, 6) is -0.274. The zero-order valence-electron chi connectivity index (χ0n) is 12.5. The van der Waals surface area contributed by atoms with Crippen molar-refractivity contribution in [1.29, 1.82) is 0 Å². The molecule has 1 atom stereocenters. The Morgan fingerprint density at radius 1 is 1.47 bits per heavy atom. The van der Waals surface area contributed by atoms with Crippen LogP contribution < -0.4 is 11.1 Å². The first-order valence-corrected chi connectivity index (χ1v) is 6.94. The van der Waals surface area contributed by atoms with Crippen molar-refractivity contribution in [3.8, 4) is 0 Å². The fraction of sp³-hybridized carbons (Fsp3) is 0.714. The van der Waals surface area contributed by atoms with Crippen LogP contribution in [0.2, 0.25) is 0 Å². The number of nitrogens with two attached hydrogens (primary N) is 1. The average molecular weight is 266 g/mol. The van der Waals surface area contributed by atoms with Crippen LogP contribution in [0, 0.1) is 13.8 Å². The largest absolute Gasteiger partial charge is 0.368 e. The average Bonchev–Trinajstić information content (AvgIpc) is 2.66. The Hall–Kier alpha value is -1.36. The van der Waals surface area contributed by atoms with Crippen LogP contribution in [-0.2, 0) is 11.3 Å². The second-order valence-corrected chi connectivity index (χ2v) is 5.29. The highest BCUT2D eigenvalue weighted by Gasteiger charge is 2.28. The lowest BCUT2D eigenvalue weighted by Crippen LogP contribution is -2.52. The van der Waals surface area contributed by atoms with Gasteiger partial charge in [-0.05, 0) is 46.6 Å². The molecule has 0 aliphatic carbocycles. The first kappa shape index (κ1) is 15.7. The van der Waals surface area contributed by atoms with Gasteiger partial charge in [0.25, 0.3) is 0 Å². The van der Waals surface area contributed by atoms with E-state index in [1.807, 2.05) is 27.1 Å². The number of carbonyl (C=O) groups excluding carboxylic acids is 1. The number of hydrogen-bond acceptors (Lipinski definition) is 3. The van der Waals surface area contributed by atoms with Crippen molar-refractivity contribution in [2.45, 2.75) is 59.0 Å². The minimum absolute atomic E-state index is 0.274. The zero-order valence-corrected chi connectivity index (χ0v) is 12.5. The molecule has 5 heteroatoms. The van der Waals surface area contributed by atoms with Gasteiger partial charge in [-0.1, -0.05) is 6.92 Å². The molecule has 19 heavy (non-hydrogen) atoms. The summed E-state index contributed by atoms with van der Waals surface area (Å²) in [5, 5.41) is 3.18. The van der Waals surface area contributed by atoms with E-state index >= 15 is 0 Å². The number of imidazole rings is 1. The SMILES string of the molecule is CCNC(C)(CCCCn1cnc(C)c1C)C(N)=O. The Morgan fingerprint density at radius 3 is 2.63 bits per heavy atom. The van der Waals surface area contributed by atoms with Gasteiger partial charge in [0, 0.05) is 12.2 Å². The van der Waals surface area contributed by atoms with E-state index in [4.69, 9.17) is 5.73 Å². The number of rotatable bonds is 8. The molecule has 0 saturated heterocycles. The van der Waals surface area contributed by atoms with Gasteiger partial charge in [-0.25, -0.2) is 4.98 Å². The molecule has 0 spiro atoms. The third-order valence-corrected chi connectivity index (χ3v) is 3.78. The molecule has 1 unspecified atom stereocenters. The number of unbranched alkanes of at least 4 members (excludes halogenated alkanes) is 1. The summed E-state index contributed by atoms with van der Waals surface area (Å²) in [6.07, 6.45) is 4.62. The van der Waals surface area contributed by atoms with Crippen molar-refractivity contribution in [3.05, 3.63) is 17.7 Å². The number of hydrogen-bond donors (Lipinski definition) is 2. The van der Waals surface area contributed by atoms with Gasteiger partial charge in [-0.15, -0.1) is 0 Å². The van der Waals surface area contributed by atoms with E-state index in [9.17, 15) is 4.79 Å². The number of primary amides is 1. The van der Waals surface area contributed by atoms with Crippen molar-refractivity contribution < 1.29 is 4.79 Å². The molecule has 1 rings (SSSR count). The Balaban J connectivity index is 2.41. The molecule has 5 nitrogen and oxygen atoms in total. The molecular weight excluding hydrogens is 240 g/mol. The summed E-state index contributed by atoms with van der Waals surface area (Å²) >= 11 is 0. The summed E-state index contributed by atoms with van der Waals surface area (Å²) in [6, 6.07) is 0. The van der Waals surface area contributed by atoms with E-state index in [-0.39, 0.29) is 5.91 Å². The quantitative estimate of drug-likeness (QED) is 0.701. The molecule has 1 aromatic rings. The van der Waals surface area contributed by atoms with Gasteiger partial charge >= 0.3 is 0 Å². The summed E-state index contributed by atoms with van der Waals surface area (Å²) in [5.41, 5.74) is 7.16. The van der Waals surface area contributed by atoms with Crippen molar-refractivity contribution in [1.82, 2.24) is 14.9 Å². The van der Waals surface area contributed by atoms with E-state index in [1.54, 1.807) is 0 Å². The Bertz CT molecular complexity index is 427. The van der Waals surface area contributed by atoms with Crippen molar-refractivity contribution >= 4 is 5.91 Å². The number of aryl methyl sites for hydroxylation is 2. The summed E-state index contributed by atoms with van der Waals surface area (Å²) in [7, 11) is 0. The predicted octanol–water partition coefficient (Wildman–Crippen LogP) is 1.52. The normalized spacial score (nSPS) is 14.3. The van der Waals surface area contributed by atoms with Crippen LogP contribution >= 0.6 is 0 Å². The van der Waals surface area contributed by atoms with Crippen LogP contribution in [0.3, 0.4) is 0 Å². The summed E-state index contributed by atoms with van der Waals surface area (Å²) in [6.45, 7) is 9.65. The molecule has 0 fully saturated rings. The van der Waals surface area contributed by atoms with Gasteiger partial charge in [-0.2, -0.15) is 0 Å². The monoisotopic (exact) mass is 266 g/mol. The van der Waals surface area contributed by atoms with Crippen LogP contribution in [0.25, 0.3) is 0 Å². The fourth-order valence-electron chi connectivity index (χ4n) is 2.22. The van der Waals surface area contributed by atoms with Crippen LogP contribution in [0.1, 0.15) is 44.5 Å². The van der Waals surface area contributed by atoms with Gasteiger partial charge in [-0.3, -0.25) is 4.79 Å². The van der Waals surface area contributed by atoms with Gasteiger partial charge in [0.1, 0.15) is 0 Å². The van der Waals surface area contributed by atoms with Crippen LogP contribution in [0.15, 0.2) is 6.33 Å². The van der Waals surface area contributed by atoms with Gasteiger partial charge in [0.2, 0.25) is 5.91 Å². The van der Waals surface area contributed by atoms with Gasteiger partial charge < -0.3 is 15.6 Å². The zero-order chi connectivity index (χ0) is 14.5. The Morgan fingerprint density at radius 2 is 2.16 bits per heavy atom. The van der Waals surface area contributed by atoms with E-state index in [1.165, 1.54) is 5.69 Å². The molecule has 0 aliphatic rings. The molecular formula is C14H26N4O. The molecule has 1 amide bonds. The van der Waals surface area contributed by atoms with Crippen molar-refractivity contribution in [3.63, 3.8) is 0 Å². The molecule has 3 N–H and O–H groups in total. The number of nitrogens with zero attached hydrogens (tertiary/aromatic N) is 2. The first-order chi connectivity index (χ1) is 8.90. The number of aromatic nitrogens is 2. The number of amides is 1. The number of likely N-dealkylation sites (N-methyl/N-ethyl adjacent to an activating group) is 1. The second-order valence-electron chi connectivity index (χ2n) is 5.29. The minimum atomic E-state index is -0.589. The maximum absolute atomic E-state index is 11.5. The van der Waals surface area contributed by atoms with Crippen molar-refractivity contribution in [2.75, 3.05) is 6.54 Å². The molecule has 0 aliphatic heterocycles. The number of carbonyl (C=O) groups is 1. The number of nitrogens with one attached hydrogen (secondary N) is 1. The molecule has 108 valence electrons. The van der Waals surface area contributed by atoms with Gasteiger partial charge in [0.15, 0.2) is 0 Å². The molecule has 0 aromatic carbocycles. The predicted molar refractivity (Wildman–Crippen MR) is 76.8 cm³/mol. The van der Waals surface area contributed by atoms with E-state index < -0.39 is 5.54 Å². The third kappa shape index (κ3) is 4.06. The smallest absolute Gasteiger partial charge is 0.237 e. The second kappa shape index (κ2) is 6.70. The van der Waals surface area contributed by atoms with Crippen LogP contribution in [-0.4, -0.2) is 27.5 Å². The lowest BCUT2D eigenvalue weighted by molar-refractivity contribution is -0.124. The molecule has 0 saturated carbocycles. The lowest BCUT2D eigenvalue weighted by atomic mass is 9.94. The van der Waals surface area contributed by atoms with Crippen LogP contribution in [0.4, 0.5) is 0 Å². The molecule has 0 radical (unpaired) electrons. The van der Waals surface area contributed by atoms with Crippen molar-refractivity contribution in [2.24, 2.45) is 5.73 Å². The topological polar surface area (TPSA) is 72.9 Å². The Labute approximate surface area is 115 Å². The van der Waals surface area contributed by atoms with E-state index in [0.717, 1.165) is 38.0 Å². The molecule has 1 heterocycles. The van der Waals surface area contributed by atoms with E-state index in [2.05, 4.69) is 21.8 Å². The third-order valence-electron chi connectivity index (χ3n) is 3.78. The highest BCUT2D eigenvalue weighted by molar-refractivity contribution is 5.84. The lowest BCUT2D eigenvalue weighted by Gasteiger charge is -2.27.